The summed E-state index contributed by atoms with van der Waals surface area (Å²) in [6.07, 6.45) is 0.545. The van der Waals surface area contributed by atoms with Gasteiger partial charge in [-0.3, -0.25) is 4.79 Å². The molecule has 0 bridgehead atoms. The average Bonchev–Trinajstić information content (AvgIpc) is 2.25. The smallest absolute Gasteiger partial charge is 0.220 e. The first kappa shape index (κ1) is 13.6. The first-order valence-corrected chi connectivity index (χ1v) is 5.80. The van der Waals surface area contributed by atoms with Crippen molar-refractivity contribution in [3.63, 3.8) is 0 Å². The number of methoxy groups -OCH3 is 1. The summed E-state index contributed by atoms with van der Waals surface area (Å²) in [6, 6.07) is 7.70. The molecule has 0 spiro atoms. The summed E-state index contributed by atoms with van der Waals surface area (Å²) < 4.78 is 5.07. The molecule has 0 unspecified atom stereocenters. The molecule has 0 saturated heterocycles. The second-order valence-corrected chi connectivity index (χ2v) is 5.36. The van der Waals surface area contributed by atoms with Gasteiger partial charge in [-0.05, 0) is 23.1 Å². The van der Waals surface area contributed by atoms with Gasteiger partial charge in [0, 0.05) is 13.0 Å². The molecule has 1 amide bonds. The van der Waals surface area contributed by atoms with Gasteiger partial charge < -0.3 is 10.1 Å². The Balaban J connectivity index is 2.42. The van der Waals surface area contributed by atoms with Gasteiger partial charge in [-0.2, -0.15) is 0 Å². The van der Waals surface area contributed by atoms with E-state index >= 15 is 0 Å². The van der Waals surface area contributed by atoms with E-state index in [1.54, 1.807) is 7.11 Å². The molecule has 0 aliphatic rings. The van der Waals surface area contributed by atoms with Crippen LogP contribution in [0.25, 0.3) is 0 Å². The van der Waals surface area contributed by atoms with Gasteiger partial charge in [-0.25, -0.2) is 0 Å². The minimum absolute atomic E-state index is 0.0317. The van der Waals surface area contributed by atoms with E-state index in [2.05, 4.69) is 26.1 Å². The number of hydrogen-bond acceptors (Lipinski definition) is 2. The van der Waals surface area contributed by atoms with Gasteiger partial charge >= 0.3 is 0 Å². The Bertz CT molecular complexity index is 363. The molecule has 3 heteroatoms. The molecule has 0 fully saturated rings. The number of ether oxygens (including phenoxy) is 1. The van der Waals surface area contributed by atoms with Crippen LogP contribution in [0.3, 0.4) is 0 Å². The van der Waals surface area contributed by atoms with Gasteiger partial charge in [-0.1, -0.05) is 32.9 Å². The second-order valence-electron chi connectivity index (χ2n) is 5.36. The van der Waals surface area contributed by atoms with Crippen LogP contribution < -0.4 is 10.1 Å². The SMILES string of the molecule is COc1ccc(CNC(=O)CC(C)(C)C)cc1. The Morgan fingerprint density at radius 3 is 2.29 bits per heavy atom. The molecule has 0 aliphatic carbocycles. The molecule has 0 atom stereocenters. The largest absolute Gasteiger partial charge is 0.497 e. The summed E-state index contributed by atoms with van der Waals surface area (Å²) in [5.74, 6) is 0.920. The van der Waals surface area contributed by atoms with Crippen LogP contribution in [-0.4, -0.2) is 13.0 Å². The van der Waals surface area contributed by atoms with E-state index < -0.39 is 0 Å². The van der Waals surface area contributed by atoms with Crippen LogP contribution in [0.1, 0.15) is 32.8 Å². The quantitative estimate of drug-likeness (QED) is 0.871. The summed E-state index contributed by atoms with van der Waals surface area (Å²) in [7, 11) is 1.64. The van der Waals surface area contributed by atoms with Gasteiger partial charge in [0.25, 0.3) is 0 Å². The Labute approximate surface area is 103 Å². The van der Waals surface area contributed by atoms with E-state index in [1.165, 1.54) is 0 Å². The molecule has 94 valence electrons. The van der Waals surface area contributed by atoms with Crippen molar-refractivity contribution >= 4 is 5.91 Å². The van der Waals surface area contributed by atoms with Crippen molar-refractivity contribution < 1.29 is 9.53 Å². The van der Waals surface area contributed by atoms with E-state index in [1.807, 2.05) is 24.3 Å². The fraction of sp³-hybridized carbons (Fsp3) is 0.500. The summed E-state index contributed by atoms with van der Waals surface area (Å²) in [5, 5.41) is 2.91. The van der Waals surface area contributed by atoms with Crippen molar-refractivity contribution in [2.75, 3.05) is 7.11 Å². The highest BCUT2D eigenvalue weighted by molar-refractivity contribution is 5.76. The van der Waals surface area contributed by atoms with Crippen LogP contribution in [0.4, 0.5) is 0 Å². The lowest BCUT2D eigenvalue weighted by Gasteiger charge is -2.17. The maximum Gasteiger partial charge on any atom is 0.220 e. The Morgan fingerprint density at radius 1 is 1.24 bits per heavy atom. The molecule has 1 aromatic rings. The maximum atomic E-state index is 11.6. The summed E-state index contributed by atoms with van der Waals surface area (Å²) in [4.78, 5) is 11.6. The first-order valence-electron chi connectivity index (χ1n) is 5.80. The molecule has 0 radical (unpaired) electrons. The Kier molecular flexibility index (Phi) is 4.55. The molecule has 0 aliphatic heterocycles. The lowest BCUT2D eigenvalue weighted by Crippen LogP contribution is -2.27. The third kappa shape index (κ3) is 5.38. The number of carbonyl (C=O) groups is 1. The number of carbonyl (C=O) groups excluding carboxylic acids is 1. The summed E-state index contributed by atoms with van der Waals surface area (Å²) in [6.45, 7) is 6.73. The molecule has 0 aromatic heterocycles. The van der Waals surface area contributed by atoms with Crippen LogP contribution in [0.2, 0.25) is 0 Å². The molecule has 0 saturated carbocycles. The molecule has 1 rings (SSSR count). The lowest BCUT2D eigenvalue weighted by molar-refractivity contribution is -0.122. The normalized spacial score (nSPS) is 11.1. The average molecular weight is 235 g/mol. The predicted molar refractivity (Wildman–Crippen MR) is 68.9 cm³/mol. The van der Waals surface area contributed by atoms with Gasteiger partial charge in [0.05, 0.1) is 7.11 Å². The zero-order valence-corrected chi connectivity index (χ0v) is 11.0. The van der Waals surface area contributed by atoms with E-state index in [0.717, 1.165) is 11.3 Å². The van der Waals surface area contributed by atoms with Crippen LogP contribution in [0.5, 0.6) is 5.75 Å². The van der Waals surface area contributed by atoms with Gasteiger partial charge in [0.2, 0.25) is 5.91 Å². The predicted octanol–water partition coefficient (Wildman–Crippen LogP) is 2.75. The van der Waals surface area contributed by atoms with Crippen LogP contribution >= 0.6 is 0 Å². The Morgan fingerprint density at radius 2 is 1.82 bits per heavy atom. The third-order valence-electron chi connectivity index (χ3n) is 2.34. The number of nitrogens with one attached hydrogen (secondary N) is 1. The van der Waals surface area contributed by atoms with Crippen LogP contribution in [-0.2, 0) is 11.3 Å². The Hall–Kier alpha value is -1.51. The van der Waals surface area contributed by atoms with E-state index in [0.29, 0.717) is 13.0 Å². The number of hydrogen-bond donors (Lipinski definition) is 1. The van der Waals surface area contributed by atoms with Crippen molar-refractivity contribution in [3.05, 3.63) is 29.8 Å². The van der Waals surface area contributed by atoms with Gasteiger partial charge in [0.15, 0.2) is 0 Å². The van der Waals surface area contributed by atoms with Crippen molar-refractivity contribution in [1.82, 2.24) is 5.32 Å². The minimum atomic E-state index is 0.0317. The molecular formula is C14H21NO2. The first-order chi connectivity index (χ1) is 7.90. The lowest BCUT2D eigenvalue weighted by atomic mass is 9.92. The molecule has 3 nitrogen and oxygen atoms in total. The molecular weight excluding hydrogens is 214 g/mol. The van der Waals surface area contributed by atoms with Crippen molar-refractivity contribution in [3.8, 4) is 5.75 Å². The standard InChI is InChI=1S/C14H21NO2/c1-14(2,3)9-13(16)15-10-11-5-7-12(17-4)8-6-11/h5-8H,9-10H2,1-4H3,(H,15,16). The fourth-order valence-corrected chi connectivity index (χ4v) is 1.49. The van der Waals surface area contributed by atoms with Crippen LogP contribution in [0.15, 0.2) is 24.3 Å². The number of rotatable bonds is 4. The van der Waals surface area contributed by atoms with Gasteiger partial charge in [-0.15, -0.1) is 0 Å². The maximum absolute atomic E-state index is 11.6. The topological polar surface area (TPSA) is 38.3 Å². The highest BCUT2D eigenvalue weighted by atomic mass is 16.5. The van der Waals surface area contributed by atoms with Crippen LogP contribution in [0, 0.1) is 5.41 Å². The van der Waals surface area contributed by atoms with Crippen molar-refractivity contribution in [2.45, 2.75) is 33.7 Å². The van der Waals surface area contributed by atoms with Crippen molar-refractivity contribution in [1.29, 1.82) is 0 Å². The minimum Gasteiger partial charge on any atom is -0.497 e. The van der Waals surface area contributed by atoms with Gasteiger partial charge in [0.1, 0.15) is 5.75 Å². The number of amides is 1. The molecule has 1 N–H and O–H groups in total. The highest BCUT2D eigenvalue weighted by Gasteiger charge is 2.15. The zero-order valence-electron chi connectivity index (χ0n) is 11.0. The highest BCUT2D eigenvalue weighted by Crippen LogP contribution is 2.18. The second kappa shape index (κ2) is 5.71. The summed E-state index contributed by atoms with van der Waals surface area (Å²) >= 11 is 0. The monoisotopic (exact) mass is 235 g/mol. The van der Waals surface area contributed by atoms with E-state index in [-0.39, 0.29) is 11.3 Å². The molecule has 17 heavy (non-hydrogen) atoms. The van der Waals surface area contributed by atoms with E-state index in [4.69, 9.17) is 4.74 Å². The summed E-state index contributed by atoms with van der Waals surface area (Å²) in [5.41, 5.74) is 1.11. The molecule has 0 heterocycles. The fourth-order valence-electron chi connectivity index (χ4n) is 1.49. The third-order valence-corrected chi connectivity index (χ3v) is 2.34. The number of benzene rings is 1. The zero-order chi connectivity index (χ0) is 12.9. The van der Waals surface area contributed by atoms with E-state index in [9.17, 15) is 4.79 Å². The molecule has 1 aromatic carbocycles. The van der Waals surface area contributed by atoms with Crippen molar-refractivity contribution in [2.24, 2.45) is 5.41 Å².